The Morgan fingerprint density at radius 2 is 1.50 bits per heavy atom. The molecule has 0 aliphatic heterocycles. The summed E-state index contributed by atoms with van der Waals surface area (Å²) >= 11 is 0. The molecule has 3 nitrogen and oxygen atoms in total. The standard InChI is InChI=1S/C23H32N2O/c1-3-4-5-18-6-8-19(9-7-18)10-15-23-24-16-21(17-25-23)20-11-13-22(26-2)14-12-20/h11-14,16-19H,3-10,15H2,1-2H3. The van der Waals surface area contributed by atoms with Gasteiger partial charge in [0.25, 0.3) is 0 Å². The first-order valence-electron chi connectivity index (χ1n) is 10.2. The van der Waals surface area contributed by atoms with Gasteiger partial charge in [-0.15, -0.1) is 0 Å². The van der Waals surface area contributed by atoms with Gasteiger partial charge in [-0.1, -0.05) is 64.0 Å². The van der Waals surface area contributed by atoms with Gasteiger partial charge in [0.05, 0.1) is 7.11 Å². The molecule has 1 aromatic carbocycles. The van der Waals surface area contributed by atoms with Crippen LogP contribution in [-0.2, 0) is 6.42 Å². The Morgan fingerprint density at radius 1 is 0.885 bits per heavy atom. The van der Waals surface area contributed by atoms with E-state index in [4.69, 9.17) is 4.74 Å². The van der Waals surface area contributed by atoms with Crippen LogP contribution in [0.15, 0.2) is 36.7 Å². The smallest absolute Gasteiger partial charge is 0.128 e. The lowest BCUT2D eigenvalue weighted by atomic mass is 9.78. The van der Waals surface area contributed by atoms with E-state index in [0.29, 0.717) is 0 Å². The molecule has 1 heterocycles. The van der Waals surface area contributed by atoms with Crippen molar-refractivity contribution in [3.63, 3.8) is 0 Å². The summed E-state index contributed by atoms with van der Waals surface area (Å²) in [4.78, 5) is 9.19. The summed E-state index contributed by atoms with van der Waals surface area (Å²) < 4.78 is 5.21. The number of methoxy groups -OCH3 is 1. The second-order valence-electron chi connectivity index (χ2n) is 7.68. The second kappa shape index (κ2) is 9.70. The number of aryl methyl sites for hydroxylation is 1. The van der Waals surface area contributed by atoms with Crippen LogP contribution in [-0.4, -0.2) is 17.1 Å². The quantitative estimate of drug-likeness (QED) is 0.577. The fraction of sp³-hybridized carbons (Fsp3) is 0.565. The Hall–Kier alpha value is -1.90. The van der Waals surface area contributed by atoms with Gasteiger partial charge in [0, 0.05) is 24.4 Å². The molecule has 0 N–H and O–H groups in total. The van der Waals surface area contributed by atoms with E-state index >= 15 is 0 Å². The lowest BCUT2D eigenvalue weighted by molar-refractivity contribution is 0.249. The first kappa shape index (κ1) is 18.9. The molecule has 0 bridgehead atoms. The third kappa shape index (κ3) is 5.30. The molecule has 3 heteroatoms. The van der Waals surface area contributed by atoms with Crippen LogP contribution in [0.25, 0.3) is 11.1 Å². The number of aromatic nitrogens is 2. The van der Waals surface area contributed by atoms with E-state index in [1.54, 1.807) is 7.11 Å². The molecule has 1 aliphatic rings. The molecule has 26 heavy (non-hydrogen) atoms. The zero-order chi connectivity index (χ0) is 18.2. The zero-order valence-corrected chi connectivity index (χ0v) is 16.3. The van der Waals surface area contributed by atoms with Crippen molar-refractivity contribution in [2.45, 2.75) is 64.7 Å². The molecule has 0 unspecified atom stereocenters. The average Bonchev–Trinajstić information content (AvgIpc) is 2.72. The minimum atomic E-state index is 0.871. The molecular formula is C23H32N2O. The molecule has 2 aromatic rings. The van der Waals surface area contributed by atoms with Crippen molar-refractivity contribution in [3.05, 3.63) is 42.5 Å². The first-order valence-corrected chi connectivity index (χ1v) is 10.2. The minimum Gasteiger partial charge on any atom is -0.497 e. The van der Waals surface area contributed by atoms with E-state index in [2.05, 4.69) is 16.9 Å². The van der Waals surface area contributed by atoms with E-state index in [9.17, 15) is 0 Å². The molecule has 1 saturated carbocycles. The Morgan fingerprint density at radius 3 is 2.08 bits per heavy atom. The van der Waals surface area contributed by atoms with E-state index in [0.717, 1.165) is 41.0 Å². The topological polar surface area (TPSA) is 35.0 Å². The highest BCUT2D eigenvalue weighted by Gasteiger charge is 2.20. The van der Waals surface area contributed by atoms with E-state index < -0.39 is 0 Å². The number of rotatable bonds is 8. The van der Waals surface area contributed by atoms with E-state index in [1.807, 2.05) is 36.7 Å². The Kier molecular flexibility index (Phi) is 7.04. The van der Waals surface area contributed by atoms with Crippen molar-refractivity contribution in [1.82, 2.24) is 9.97 Å². The van der Waals surface area contributed by atoms with Crippen molar-refractivity contribution < 1.29 is 4.74 Å². The van der Waals surface area contributed by atoms with Crippen molar-refractivity contribution in [2.75, 3.05) is 7.11 Å². The van der Waals surface area contributed by atoms with Crippen LogP contribution >= 0.6 is 0 Å². The van der Waals surface area contributed by atoms with Gasteiger partial charge in [-0.3, -0.25) is 0 Å². The minimum absolute atomic E-state index is 0.871. The molecule has 1 aliphatic carbocycles. The van der Waals surface area contributed by atoms with Crippen LogP contribution in [0.2, 0.25) is 0 Å². The number of hydrogen-bond donors (Lipinski definition) is 0. The van der Waals surface area contributed by atoms with Crippen molar-refractivity contribution in [1.29, 1.82) is 0 Å². The molecule has 0 atom stereocenters. The van der Waals surface area contributed by atoms with Gasteiger partial charge in [-0.05, 0) is 36.0 Å². The summed E-state index contributed by atoms with van der Waals surface area (Å²) in [6.07, 6.45) is 16.0. The molecule has 1 aromatic heterocycles. The molecule has 0 radical (unpaired) electrons. The predicted octanol–water partition coefficient (Wildman–Crippen LogP) is 6.08. The molecule has 0 amide bonds. The Labute approximate surface area is 158 Å². The monoisotopic (exact) mass is 352 g/mol. The van der Waals surface area contributed by atoms with Gasteiger partial charge in [0.2, 0.25) is 0 Å². The summed E-state index contributed by atoms with van der Waals surface area (Å²) in [6, 6.07) is 8.04. The van der Waals surface area contributed by atoms with Gasteiger partial charge in [-0.25, -0.2) is 9.97 Å². The Bertz CT molecular complexity index is 643. The number of unbranched alkanes of at least 4 members (excludes halogenated alkanes) is 1. The summed E-state index contributed by atoms with van der Waals surface area (Å²) in [5.74, 6) is 3.72. The number of nitrogens with zero attached hydrogens (tertiary/aromatic N) is 2. The van der Waals surface area contributed by atoms with Crippen molar-refractivity contribution in [3.8, 4) is 16.9 Å². The SMILES string of the molecule is CCCCC1CCC(CCc2ncc(-c3ccc(OC)cc3)cn2)CC1. The predicted molar refractivity (Wildman–Crippen MR) is 107 cm³/mol. The average molecular weight is 353 g/mol. The molecule has 0 spiro atoms. The summed E-state index contributed by atoms with van der Waals surface area (Å²) in [7, 11) is 1.69. The molecule has 1 fully saturated rings. The van der Waals surface area contributed by atoms with Crippen molar-refractivity contribution >= 4 is 0 Å². The van der Waals surface area contributed by atoms with Gasteiger partial charge >= 0.3 is 0 Å². The lowest BCUT2D eigenvalue weighted by Crippen LogP contribution is -2.15. The highest BCUT2D eigenvalue weighted by molar-refractivity contribution is 5.62. The first-order chi connectivity index (χ1) is 12.8. The number of ether oxygens (including phenoxy) is 1. The van der Waals surface area contributed by atoms with Crippen LogP contribution in [0.1, 0.15) is 64.1 Å². The fourth-order valence-corrected chi connectivity index (χ4v) is 4.05. The van der Waals surface area contributed by atoms with Crippen LogP contribution in [0, 0.1) is 11.8 Å². The highest BCUT2D eigenvalue weighted by Crippen LogP contribution is 2.34. The summed E-state index contributed by atoms with van der Waals surface area (Å²) in [5.41, 5.74) is 2.19. The summed E-state index contributed by atoms with van der Waals surface area (Å²) in [5, 5.41) is 0. The van der Waals surface area contributed by atoms with Crippen molar-refractivity contribution in [2.24, 2.45) is 11.8 Å². The van der Waals surface area contributed by atoms with Crippen LogP contribution in [0.4, 0.5) is 0 Å². The normalized spacial score (nSPS) is 20.1. The van der Waals surface area contributed by atoms with Crippen LogP contribution < -0.4 is 4.74 Å². The maximum absolute atomic E-state index is 5.21. The Balaban J connectivity index is 1.46. The van der Waals surface area contributed by atoms with Crippen LogP contribution in [0.3, 0.4) is 0 Å². The van der Waals surface area contributed by atoms with Gasteiger partial charge in [0.1, 0.15) is 11.6 Å². The lowest BCUT2D eigenvalue weighted by Gasteiger charge is -2.28. The maximum atomic E-state index is 5.21. The third-order valence-corrected chi connectivity index (χ3v) is 5.84. The van der Waals surface area contributed by atoms with Crippen LogP contribution in [0.5, 0.6) is 5.75 Å². The molecule has 140 valence electrons. The fourth-order valence-electron chi connectivity index (χ4n) is 4.05. The van der Waals surface area contributed by atoms with E-state index in [-0.39, 0.29) is 0 Å². The number of hydrogen-bond acceptors (Lipinski definition) is 3. The zero-order valence-electron chi connectivity index (χ0n) is 16.3. The highest BCUT2D eigenvalue weighted by atomic mass is 16.5. The van der Waals surface area contributed by atoms with Gasteiger partial charge < -0.3 is 4.74 Å². The van der Waals surface area contributed by atoms with Gasteiger partial charge in [0.15, 0.2) is 0 Å². The second-order valence-corrected chi connectivity index (χ2v) is 7.68. The molecular weight excluding hydrogens is 320 g/mol. The molecule has 3 rings (SSSR count). The molecule has 0 saturated heterocycles. The van der Waals surface area contributed by atoms with E-state index in [1.165, 1.54) is 51.4 Å². The maximum Gasteiger partial charge on any atom is 0.128 e. The number of benzene rings is 1. The largest absolute Gasteiger partial charge is 0.497 e. The summed E-state index contributed by atoms with van der Waals surface area (Å²) in [6.45, 7) is 2.30. The van der Waals surface area contributed by atoms with Gasteiger partial charge in [-0.2, -0.15) is 0 Å². The third-order valence-electron chi connectivity index (χ3n) is 5.84.